The maximum atomic E-state index is 4.58. The molecule has 0 radical (unpaired) electrons. The minimum Gasteiger partial charge on any atom is -0.355 e. The summed E-state index contributed by atoms with van der Waals surface area (Å²) in [6.07, 6.45) is 3.82. The summed E-state index contributed by atoms with van der Waals surface area (Å²) in [5.74, 6) is 2.62. The smallest absolute Gasteiger partial charge is 0.176 e. The number of piperidine rings is 1. The van der Waals surface area contributed by atoms with Gasteiger partial charge in [-0.25, -0.2) is 4.98 Å². The number of aromatic nitrogens is 6. The summed E-state index contributed by atoms with van der Waals surface area (Å²) in [5, 5.41) is 17.0. The highest BCUT2D eigenvalue weighted by atomic mass is 15.5. The zero-order valence-electron chi connectivity index (χ0n) is 13.9. The van der Waals surface area contributed by atoms with Gasteiger partial charge < -0.3 is 9.80 Å². The molecular formula is C16H20N8. The van der Waals surface area contributed by atoms with E-state index in [1.807, 2.05) is 31.2 Å². The lowest BCUT2D eigenvalue weighted by Crippen LogP contribution is -2.44. The van der Waals surface area contributed by atoms with Gasteiger partial charge in [0, 0.05) is 32.4 Å². The Bertz CT molecular complexity index is 822. The van der Waals surface area contributed by atoms with Crippen molar-refractivity contribution in [2.45, 2.75) is 25.8 Å². The van der Waals surface area contributed by atoms with Gasteiger partial charge in [-0.1, -0.05) is 0 Å². The van der Waals surface area contributed by atoms with E-state index in [-0.39, 0.29) is 0 Å². The maximum Gasteiger partial charge on any atom is 0.176 e. The average Bonchev–Trinajstić information content (AvgIpc) is 3.01. The molecule has 4 heterocycles. The first kappa shape index (κ1) is 14.8. The number of hydrogen-bond donors (Lipinski definition) is 0. The predicted octanol–water partition coefficient (Wildman–Crippen LogP) is 1.33. The normalized spacial score (nSPS) is 15.8. The molecule has 3 aromatic heterocycles. The highest BCUT2D eigenvalue weighted by Crippen LogP contribution is 2.23. The van der Waals surface area contributed by atoms with Crippen molar-refractivity contribution in [3.05, 3.63) is 36.3 Å². The predicted molar refractivity (Wildman–Crippen MR) is 91.2 cm³/mol. The molecular weight excluding hydrogens is 304 g/mol. The van der Waals surface area contributed by atoms with Crippen LogP contribution in [0.25, 0.3) is 5.65 Å². The largest absolute Gasteiger partial charge is 0.355 e. The van der Waals surface area contributed by atoms with Crippen LogP contribution in [0.1, 0.15) is 18.7 Å². The van der Waals surface area contributed by atoms with E-state index in [1.54, 1.807) is 10.8 Å². The molecule has 4 rings (SSSR count). The molecule has 0 spiro atoms. The SMILES string of the molecule is Cc1nc2ccc(N3CCC(N(C)c4cccnn4)CC3)nn2n1. The third kappa shape index (κ3) is 2.75. The Morgan fingerprint density at radius 2 is 1.96 bits per heavy atom. The van der Waals surface area contributed by atoms with E-state index in [2.05, 4.69) is 42.2 Å². The molecule has 3 aromatic rings. The van der Waals surface area contributed by atoms with Crippen LogP contribution in [0, 0.1) is 6.92 Å². The van der Waals surface area contributed by atoms with Crippen molar-refractivity contribution in [1.29, 1.82) is 0 Å². The van der Waals surface area contributed by atoms with Gasteiger partial charge in [0.15, 0.2) is 17.3 Å². The quantitative estimate of drug-likeness (QED) is 0.719. The van der Waals surface area contributed by atoms with Crippen molar-refractivity contribution < 1.29 is 0 Å². The van der Waals surface area contributed by atoms with Crippen LogP contribution in [0.5, 0.6) is 0 Å². The lowest BCUT2D eigenvalue weighted by atomic mass is 10.0. The van der Waals surface area contributed by atoms with Gasteiger partial charge in [0.2, 0.25) is 0 Å². The van der Waals surface area contributed by atoms with E-state index in [0.717, 1.165) is 49.0 Å². The summed E-state index contributed by atoms with van der Waals surface area (Å²) in [7, 11) is 2.09. The number of fused-ring (bicyclic) bond motifs is 1. The fraction of sp³-hybridized carbons (Fsp3) is 0.438. The fourth-order valence-electron chi connectivity index (χ4n) is 3.20. The molecule has 0 atom stereocenters. The number of anilines is 2. The Kier molecular flexibility index (Phi) is 3.72. The van der Waals surface area contributed by atoms with Gasteiger partial charge in [0.1, 0.15) is 5.82 Å². The third-order valence-electron chi connectivity index (χ3n) is 4.56. The van der Waals surface area contributed by atoms with Gasteiger partial charge in [0.05, 0.1) is 0 Å². The molecule has 1 saturated heterocycles. The minimum absolute atomic E-state index is 0.468. The molecule has 0 aliphatic carbocycles. The van der Waals surface area contributed by atoms with Crippen molar-refractivity contribution in [3.63, 3.8) is 0 Å². The van der Waals surface area contributed by atoms with Crippen molar-refractivity contribution in [2.75, 3.05) is 29.9 Å². The maximum absolute atomic E-state index is 4.58. The molecule has 1 aliphatic heterocycles. The van der Waals surface area contributed by atoms with Gasteiger partial charge >= 0.3 is 0 Å². The Balaban J connectivity index is 1.45. The summed E-state index contributed by atoms with van der Waals surface area (Å²) >= 11 is 0. The first-order valence-corrected chi connectivity index (χ1v) is 8.17. The fourth-order valence-corrected chi connectivity index (χ4v) is 3.20. The first-order valence-electron chi connectivity index (χ1n) is 8.17. The molecule has 24 heavy (non-hydrogen) atoms. The minimum atomic E-state index is 0.468. The van der Waals surface area contributed by atoms with Crippen LogP contribution in [0.3, 0.4) is 0 Å². The molecule has 0 bridgehead atoms. The van der Waals surface area contributed by atoms with Crippen LogP contribution in [0.2, 0.25) is 0 Å². The van der Waals surface area contributed by atoms with E-state index in [4.69, 9.17) is 0 Å². The average molecular weight is 324 g/mol. The van der Waals surface area contributed by atoms with Crippen LogP contribution < -0.4 is 9.80 Å². The monoisotopic (exact) mass is 324 g/mol. The van der Waals surface area contributed by atoms with Crippen LogP contribution in [-0.4, -0.2) is 56.2 Å². The standard InChI is InChI=1S/C16H20N8/c1-12-18-14-5-6-16(21-24(14)20-12)23-10-7-13(8-11-23)22(2)15-4-3-9-17-19-15/h3-6,9,13H,7-8,10-11H2,1-2H3. The van der Waals surface area contributed by atoms with Crippen molar-refractivity contribution in [2.24, 2.45) is 0 Å². The van der Waals surface area contributed by atoms with E-state index in [1.165, 1.54) is 0 Å². The second-order valence-electron chi connectivity index (χ2n) is 6.11. The molecule has 124 valence electrons. The summed E-state index contributed by atoms with van der Waals surface area (Å²) in [4.78, 5) is 8.85. The molecule has 0 unspecified atom stereocenters. The number of hydrogen-bond acceptors (Lipinski definition) is 7. The molecule has 0 saturated carbocycles. The van der Waals surface area contributed by atoms with Crippen LogP contribution in [-0.2, 0) is 0 Å². The molecule has 1 aliphatic rings. The van der Waals surface area contributed by atoms with Crippen LogP contribution in [0.4, 0.5) is 11.6 Å². The molecule has 8 nitrogen and oxygen atoms in total. The van der Waals surface area contributed by atoms with Gasteiger partial charge in [-0.2, -0.15) is 5.10 Å². The molecule has 0 N–H and O–H groups in total. The van der Waals surface area contributed by atoms with E-state index >= 15 is 0 Å². The Morgan fingerprint density at radius 3 is 2.71 bits per heavy atom. The van der Waals surface area contributed by atoms with Crippen molar-refractivity contribution >= 4 is 17.3 Å². The lowest BCUT2D eigenvalue weighted by molar-refractivity contribution is 0.475. The zero-order valence-corrected chi connectivity index (χ0v) is 13.9. The molecule has 0 aromatic carbocycles. The van der Waals surface area contributed by atoms with E-state index in [0.29, 0.717) is 6.04 Å². The third-order valence-corrected chi connectivity index (χ3v) is 4.56. The highest BCUT2D eigenvalue weighted by molar-refractivity contribution is 5.46. The van der Waals surface area contributed by atoms with Crippen LogP contribution in [0.15, 0.2) is 30.5 Å². The molecule has 0 amide bonds. The van der Waals surface area contributed by atoms with E-state index in [9.17, 15) is 0 Å². The molecule has 8 heteroatoms. The summed E-state index contributed by atoms with van der Waals surface area (Å²) < 4.78 is 1.61. The first-order chi connectivity index (χ1) is 11.7. The number of aryl methyl sites for hydroxylation is 1. The zero-order chi connectivity index (χ0) is 16.5. The molecule has 1 fully saturated rings. The Morgan fingerprint density at radius 1 is 1.12 bits per heavy atom. The van der Waals surface area contributed by atoms with Crippen LogP contribution >= 0.6 is 0 Å². The Labute approximate surface area is 140 Å². The van der Waals surface area contributed by atoms with Crippen molar-refractivity contribution in [1.82, 2.24) is 30.0 Å². The van der Waals surface area contributed by atoms with Gasteiger partial charge in [-0.05, 0) is 44.0 Å². The van der Waals surface area contributed by atoms with Gasteiger partial charge in [0.25, 0.3) is 0 Å². The summed E-state index contributed by atoms with van der Waals surface area (Å²) in [5.41, 5.74) is 0.786. The topological polar surface area (TPSA) is 75.3 Å². The van der Waals surface area contributed by atoms with Gasteiger partial charge in [-0.15, -0.1) is 19.9 Å². The van der Waals surface area contributed by atoms with Gasteiger partial charge in [-0.3, -0.25) is 0 Å². The second kappa shape index (κ2) is 6.03. The lowest BCUT2D eigenvalue weighted by Gasteiger charge is -2.37. The second-order valence-corrected chi connectivity index (χ2v) is 6.11. The van der Waals surface area contributed by atoms with E-state index < -0.39 is 0 Å². The highest BCUT2D eigenvalue weighted by Gasteiger charge is 2.24. The Hall–Kier alpha value is -2.77. The summed E-state index contributed by atoms with van der Waals surface area (Å²) in [6.45, 7) is 3.80. The summed E-state index contributed by atoms with van der Waals surface area (Å²) in [6, 6.07) is 8.39. The van der Waals surface area contributed by atoms with Crippen molar-refractivity contribution in [3.8, 4) is 0 Å². The number of nitrogens with zero attached hydrogens (tertiary/aromatic N) is 8. The number of rotatable bonds is 3.